The van der Waals surface area contributed by atoms with E-state index in [4.69, 9.17) is 4.74 Å². The summed E-state index contributed by atoms with van der Waals surface area (Å²) >= 11 is 0. The molecule has 1 heterocycles. The van der Waals surface area contributed by atoms with Crippen LogP contribution in [0.4, 0.5) is 4.39 Å². The van der Waals surface area contributed by atoms with E-state index in [1.54, 1.807) is 12.1 Å². The zero-order chi connectivity index (χ0) is 15.6. The van der Waals surface area contributed by atoms with Gasteiger partial charge in [0, 0.05) is 11.0 Å². The largest absolute Gasteiger partial charge is 0.480 e. The predicted octanol–water partition coefficient (Wildman–Crippen LogP) is 4.07. The molecule has 2 aromatic rings. The maximum absolute atomic E-state index is 13.1. The summed E-state index contributed by atoms with van der Waals surface area (Å²) in [5.74, 6) is -0.0152. The molecule has 21 heavy (non-hydrogen) atoms. The molecule has 2 rings (SSSR count). The topological polar surface area (TPSA) is 45.9 Å². The maximum atomic E-state index is 13.1. The summed E-state index contributed by atoms with van der Waals surface area (Å²) < 4.78 is 18.3. The van der Waals surface area contributed by atoms with Crippen molar-refractivity contribution in [3.8, 4) is 23.1 Å². The Morgan fingerprint density at radius 3 is 2.29 bits per heavy atom. The summed E-state index contributed by atoms with van der Waals surface area (Å²) in [5, 5.41) is 9.40. The van der Waals surface area contributed by atoms with Crippen LogP contribution in [0.15, 0.2) is 30.3 Å². The van der Waals surface area contributed by atoms with E-state index in [0.717, 1.165) is 11.3 Å². The fourth-order valence-corrected chi connectivity index (χ4v) is 2.02. The Bertz CT molecular complexity index is 694. The standard InChI is InChI=1S/C17H17FN2O/c1-17(2,3)15-9-13(11-5-7-12(18)8-6-11)14(10-19)16(20-15)21-4/h5-9H,1-4H3. The van der Waals surface area contributed by atoms with Gasteiger partial charge in [-0.15, -0.1) is 0 Å². The third kappa shape index (κ3) is 3.03. The van der Waals surface area contributed by atoms with Crippen molar-refractivity contribution in [3.63, 3.8) is 0 Å². The Hall–Kier alpha value is -2.41. The highest BCUT2D eigenvalue weighted by atomic mass is 19.1. The monoisotopic (exact) mass is 284 g/mol. The number of pyridine rings is 1. The fraction of sp³-hybridized carbons (Fsp3) is 0.294. The van der Waals surface area contributed by atoms with Crippen LogP contribution in [0.1, 0.15) is 32.0 Å². The van der Waals surface area contributed by atoms with Crippen LogP contribution in [0.3, 0.4) is 0 Å². The normalized spacial score (nSPS) is 11.0. The van der Waals surface area contributed by atoms with Crippen molar-refractivity contribution in [2.75, 3.05) is 7.11 Å². The molecule has 0 aliphatic rings. The molecule has 1 aromatic carbocycles. The summed E-state index contributed by atoms with van der Waals surface area (Å²) in [6, 6.07) is 10.0. The third-order valence-electron chi connectivity index (χ3n) is 3.22. The van der Waals surface area contributed by atoms with E-state index in [1.807, 2.05) is 26.8 Å². The van der Waals surface area contributed by atoms with E-state index in [2.05, 4.69) is 11.1 Å². The first kappa shape index (κ1) is 15.0. The summed E-state index contributed by atoms with van der Waals surface area (Å²) in [6.45, 7) is 6.11. The molecular formula is C17H17FN2O. The Balaban J connectivity index is 2.73. The number of halogens is 1. The number of benzene rings is 1. The number of methoxy groups -OCH3 is 1. The van der Waals surface area contributed by atoms with Gasteiger partial charge in [0.2, 0.25) is 5.88 Å². The molecule has 0 aliphatic carbocycles. The summed E-state index contributed by atoms with van der Waals surface area (Å²) in [5.41, 5.74) is 2.46. The van der Waals surface area contributed by atoms with E-state index < -0.39 is 0 Å². The van der Waals surface area contributed by atoms with Crippen molar-refractivity contribution in [2.24, 2.45) is 0 Å². The minimum atomic E-state index is -0.311. The van der Waals surface area contributed by atoms with Crippen LogP contribution >= 0.6 is 0 Å². The lowest BCUT2D eigenvalue weighted by Crippen LogP contribution is -2.15. The van der Waals surface area contributed by atoms with Gasteiger partial charge in [-0.05, 0) is 23.8 Å². The van der Waals surface area contributed by atoms with E-state index in [0.29, 0.717) is 17.0 Å². The van der Waals surface area contributed by atoms with Crippen molar-refractivity contribution in [1.82, 2.24) is 4.98 Å². The van der Waals surface area contributed by atoms with E-state index in [9.17, 15) is 9.65 Å². The summed E-state index contributed by atoms with van der Waals surface area (Å²) in [7, 11) is 1.49. The number of nitrogens with zero attached hydrogens (tertiary/aromatic N) is 2. The van der Waals surface area contributed by atoms with Gasteiger partial charge in [0.1, 0.15) is 17.4 Å². The van der Waals surface area contributed by atoms with Crippen molar-refractivity contribution >= 4 is 0 Å². The molecule has 0 saturated heterocycles. The number of hydrogen-bond donors (Lipinski definition) is 0. The van der Waals surface area contributed by atoms with Crippen molar-refractivity contribution in [3.05, 3.63) is 47.4 Å². The molecule has 0 radical (unpaired) electrons. The Morgan fingerprint density at radius 1 is 1.19 bits per heavy atom. The van der Waals surface area contributed by atoms with Gasteiger partial charge < -0.3 is 4.74 Å². The third-order valence-corrected chi connectivity index (χ3v) is 3.22. The molecule has 0 saturated carbocycles. The molecule has 0 spiro atoms. The molecule has 0 N–H and O–H groups in total. The van der Waals surface area contributed by atoms with E-state index in [1.165, 1.54) is 19.2 Å². The van der Waals surface area contributed by atoms with Gasteiger partial charge in [0.15, 0.2) is 0 Å². The van der Waals surface area contributed by atoms with Crippen molar-refractivity contribution in [2.45, 2.75) is 26.2 Å². The molecule has 0 amide bonds. The Labute approximate surface area is 124 Å². The second-order valence-corrected chi connectivity index (χ2v) is 5.81. The second-order valence-electron chi connectivity index (χ2n) is 5.81. The van der Waals surface area contributed by atoms with Gasteiger partial charge in [0.05, 0.1) is 12.8 Å². The van der Waals surface area contributed by atoms with E-state index >= 15 is 0 Å². The molecular weight excluding hydrogens is 267 g/mol. The van der Waals surface area contributed by atoms with Gasteiger partial charge in [0.25, 0.3) is 0 Å². The average Bonchev–Trinajstić information content (AvgIpc) is 2.45. The van der Waals surface area contributed by atoms with Gasteiger partial charge >= 0.3 is 0 Å². The number of rotatable bonds is 2. The molecule has 4 heteroatoms. The molecule has 0 aliphatic heterocycles. The highest BCUT2D eigenvalue weighted by molar-refractivity contribution is 5.73. The average molecular weight is 284 g/mol. The van der Waals surface area contributed by atoms with Crippen LogP contribution in [-0.4, -0.2) is 12.1 Å². The van der Waals surface area contributed by atoms with Crippen LogP contribution in [0, 0.1) is 17.1 Å². The maximum Gasteiger partial charge on any atom is 0.232 e. The number of nitriles is 1. The van der Waals surface area contributed by atoms with Crippen molar-refractivity contribution in [1.29, 1.82) is 5.26 Å². The molecule has 108 valence electrons. The van der Waals surface area contributed by atoms with Crippen LogP contribution in [-0.2, 0) is 5.41 Å². The highest BCUT2D eigenvalue weighted by Gasteiger charge is 2.21. The smallest absolute Gasteiger partial charge is 0.232 e. The minimum absolute atomic E-state index is 0.184. The van der Waals surface area contributed by atoms with Crippen LogP contribution < -0.4 is 4.74 Å². The number of ether oxygens (including phenoxy) is 1. The zero-order valence-corrected chi connectivity index (χ0v) is 12.6. The zero-order valence-electron chi connectivity index (χ0n) is 12.6. The van der Waals surface area contributed by atoms with Gasteiger partial charge in [-0.25, -0.2) is 9.37 Å². The van der Waals surface area contributed by atoms with Crippen molar-refractivity contribution < 1.29 is 9.13 Å². The molecule has 1 aromatic heterocycles. The summed E-state index contributed by atoms with van der Waals surface area (Å²) in [4.78, 5) is 4.42. The minimum Gasteiger partial charge on any atom is -0.480 e. The quantitative estimate of drug-likeness (QED) is 0.835. The first-order chi connectivity index (χ1) is 9.86. The molecule has 0 fully saturated rings. The van der Waals surface area contributed by atoms with Crippen LogP contribution in [0.25, 0.3) is 11.1 Å². The number of aromatic nitrogens is 1. The first-order valence-electron chi connectivity index (χ1n) is 6.62. The summed E-state index contributed by atoms with van der Waals surface area (Å²) in [6.07, 6.45) is 0. The van der Waals surface area contributed by atoms with E-state index in [-0.39, 0.29) is 11.2 Å². The fourth-order valence-electron chi connectivity index (χ4n) is 2.02. The molecule has 0 unspecified atom stereocenters. The van der Waals surface area contributed by atoms with Gasteiger partial charge in [-0.3, -0.25) is 0 Å². The first-order valence-corrected chi connectivity index (χ1v) is 6.62. The molecule has 3 nitrogen and oxygen atoms in total. The lowest BCUT2D eigenvalue weighted by Gasteiger charge is -2.20. The van der Waals surface area contributed by atoms with Gasteiger partial charge in [-0.1, -0.05) is 32.9 Å². The lowest BCUT2D eigenvalue weighted by molar-refractivity contribution is 0.391. The Morgan fingerprint density at radius 2 is 1.81 bits per heavy atom. The Kier molecular flexibility index (Phi) is 3.95. The highest BCUT2D eigenvalue weighted by Crippen LogP contribution is 2.33. The second kappa shape index (κ2) is 5.53. The van der Waals surface area contributed by atoms with Gasteiger partial charge in [-0.2, -0.15) is 5.26 Å². The van der Waals surface area contributed by atoms with Crippen LogP contribution in [0.5, 0.6) is 5.88 Å². The lowest BCUT2D eigenvalue weighted by atomic mass is 9.88. The SMILES string of the molecule is COc1nc(C(C)(C)C)cc(-c2ccc(F)cc2)c1C#N. The molecule has 0 bridgehead atoms. The van der Waals surface area contributed by atoms with Crippen LogP contribution in [0.2, 0.25) is 0 Å². The predicted molar refractivity (Wildman–Crippen MR) is 79.6 cm³/mol. The molecule has 0 atom stereocenters. The number of hydrogen-bond acceptors (Lipinski definition) is 3.